The Bertz CT molecular complexity index is 1520. The van der Waals surface area contributed by atoms with Crippen LogP contribution in [0.25, 0.3) is 0 Å². The van der Waals surface area contributed by atoms with Gasteiger partial charge >= 0.3 is 12.1 Å². The minimum atomic E-state index is -0.537. The summed E-state index contributed by atoms with van der Waals surface area (Å²) in [6, 6.07) is 18.5. The molecule has 12 heteroatoms. The first-order chi connectivity index (χ1) is 19.5. The monoisotopic (exact) mass is 541 g/mol. The summed E-state index contributed by atoms with van der Waals surface area (Å²) in [7, 11) is 1.50. The van der Waals surface area contributed by atoms with E-state index in [1.54, 1.807) is 18.2 Å². The van der Waals surface area contributed by atoms with Crippen LogP contribution < -0.4 is 42.2 Å². The van der Waals surface area contributed by atoms with E-state index in [0.717, 1.165) is 49.0 Å². The highest BCUT2D eigenvalue weighted by Crippen LogP contribution is 2.22. The van der Waals surface area contributed by atoms with E-state index in [-0.39, 0.29) is 17.2 Å². The molecule has 3 aromatic rings. The highest BCUT2D eigenvalue weighted by Gasteiger charge is 2.18. The van der Waals surface area contributed by atoms with E-state index in [2.05, 4.69) is 47.2 Å². The Morgan fingerprint density at radius 1 is 0.850 bits per heavy atom. The van der Waals surface area contributed by atoms with Gasteiger partial charge in [-0.05, 0) is 54.6 Å². The van der Waals surface area contributed by atoms with Gasteiger partial charge in [0.15, 0.2) is 0 Å². The smallest absolute Gasteiger partial charge is 0.323 e. The summed E-state index contributed by atoms with van der Waals surface area (Å²) in [6.07, 6.45) is 0. The van der Waals surface area contributed by atoms with Crippen molar-refractivity contribution in [3.8, 4) is 0 Å². The molecular weight excluding hydrogens is 510 g/mol. The summed E-state index contributed by atoms with van der Waals surface area (Å²) in [5.41, 5.74) is 3.91. The van der Waals surface area contributed by atoms with Crippen LogP contribution in [0.15, 0.2) is 71.7 Å². The molecule has 0 unspecified atom stereocenters. The molecule has 5 amide bonds. The van der Waals surface area contributed by atoms with E-state index in [0.29, 0.717) is 17.1 Å². The van der Waals surface area contributed by atoms with Gasteiger partial charge in [0, 0.05) is 24.1 Å². The lowest BCUT2D eigenvalue weighted by Crippen LogP contribution is -2.86. The van der Waals surface area contributed by atoms with E-state index >= 15 is 0 Å². The van der Waals surface area contributed by atoms with Crippen molar-refractivity contribution in [2.45, 2.75) is 0 Å². The Labute approximate surface area is 230 Å². The van der Waals surface area contributed by atoms with Gasteiger partial charge in [-0.15, -0.1) is 0 Å². The third-order valence-corrected chi connectivity index (χ3v) is 6.30. The summed E-state index contributed by atoms with van der Waals surface area (Å²) < 4.78 is 0. The van der Waals surface area contributed by atoms with E-state index < -0.39 is 12.1 Å². The number of urea groups is 2. The quantitative estimate of drug-likeness (QED) is 0.212. The summed E-state index contributed by atoms with van der Waals surface area (Å²) >= 11 is 0. The number of nitrogens with zero attached hydrogens (tertiary/aromatic N) is 1. The molecule has 12 nitrogen and oxygen atoms in total. The van der Waals surface area contributed by atoms with Crippen LogP contribution in [0.4, 0.5) is 32.3 Å². The lowest BCUT2D eigenvalue weighted by molar-refractivity contribution is -0.526. The number of nitrogens with one attached hydrogen (secondary N) is 7. The molecule has 2 aliphatic heterocycles. The molecule has 2 heterocycles. The predicted molar refractivity (Wildman–Crippen MR) is 154 cm³/mol. The number of benzene rings is 3. The minimum Gasteiger partial charge on any atom is -0.355 e. The number of rotatable bonds is 7. The Balaban J connectivity index is 1.27. The number of amides is 5. The first kappa shape index (κ1) is 26.4. The van der Waals surface area contributed by atoms with E-state index in [1.165, 1.54) is 19.2 Å². The van der Waals surface area contributed by atoms with Crippen LogP contribution >= 0.6 is 0 Å². The van der Waals surface area contributed by atoms with Crippen LogP contribution in [-0.4, -0.2) is 62.9 Å². The van der Waals surface area contributed by atoms with Gasteiger partial charge in [-0.2, -0.15) is 0 Å². The molecule has 0 atom stereocenters. The van der Waals surface area contributed by atoms with Gasteiger partial charge in [-0.1, -0.05) is 12.1 Å². The van der Waals surface area contributed by atoms with Crippen LogP contribution in [0.2, 0.25) is 0 Å². The molecule has 0 bridgehead atoms. The SMILES string of the molecule is CNC(=O)c1ccc(NC(=O)Nc2cccc(C3=[NH+]CCN3)c2)cc1NC(=O)Nc1cccc(C2=NCC[NH2+]2)c1. The van der Waals surface area contributed by atoms with E-state index in [1.807, 2.05) is 36.4 Å². The van der Waals surface area contributed by atoms with E-state index in [9.17, 15) is 14.4 Å². The number of quaternary nitrogens is 1. The molecule has 0 aromatic heterocycles. The van der Waals surface area contributed by atoms with Gasteiger partial charge < -0.3 is 26.6 Å². The maximum absolute atomic E-state index is 12.9. The number of carbonyl (C=O) groups is 3. The fraction of sp³-hybridized carbons (Fsp3) is 0.179. The van der Waals surface area contributed by atoms with Crippen LogP contribution in [0.1, 0.15) is 21.5 Å². The number of carbonyl (C=O) groups excluding carboxylic acids is 3. The first-order valence-electron chi connectivity index (χ1n) is 12.9. The van der Waals surface area contributed by atoms with Crippen molar-refractivity contribution < 1.29 is 24.7 Å². The summed E-state index contributed by atoms with van der Waals surface area (Å²) in [5.74, 6) is 1.44. The number of nitrogens with two attached hydrogens (primary N) is 1. The van der Waals surface area contributed by atoms with Gasteiger partial charge in [0.05, 0.1) is 28.9 Å². The van der Waals surface area contributed by atoms with Gasteiger partial charge in [-0.3, -0.25) is 20.4 Å². The van der Waals surface area contributed by atoms with Crippen molar-refractivity contribution in [3.63, 3.8) is 0 Å². The molecule has 0 fully saturated rings. The third-order valence-electron chi connectivity index (χ3n) is 6.30. The fourth-order valence-electron chi connectivity index (χ4n) is 4.45. The standard InChI is InChI=1S/C28H29N9O3/c1-29-26(38)22-9-8-21(36-27(39)34-19-6-2-4-17(14-19)24-30-10-11-31-24)16-23(22)37-28(40)35-20-7-3-5-18(15-20)25-32-12-13-33-25/h2-9,14-16H,10-13H2,1H3,(H,29,38)(H,30,31)(H,32,33)(H2,34,36,39)(H2,35,37,40)/p+2. The van der Waals surface area contributed by atoms with Crippen LogP contribution in [0.5, 0.6) is 0 Å². The molecule has 40 heavy (non-hydrogen) atoms. The number of hydrogen-bond acceptors (Lipinski definition) is 5. The van der Waals surface area contributed by atoms with Crippen molar-refractivity contribution in [2.75, 3.05) is 54.5 Å². The molecule has 3 aromatic carbocycles. The fourth-order valence-corrected chi connectivity index (χ4v) is 4.45. The zero-order chi connectivity index (χ0) is 27.9. The lowest BCUT2D eigenvalue weighted by Gasteiger charge is -2.14. The minimum absolute atomic E-state index is 0.232. The van der Waals surface area contributed by atoms with E-state index in [4.69, 9.17) is 0 Å². The molecule has 0 saturated carbocycles. The molecular formula is C28H31N9O3+2. The Hall–Kier alpha value is -5.23. The second kappa shape index (κ2) is 12.1. The van der Waals surface area contributed by atoms with Crippen molar-refractivity contribution in [3.05, 3.63) is 83.4 Å². The lowest BCUT2D eigenvalue weighted by atomic mass is 10.1. The Morgan fingerprint density at radius 3 is 2.17 bits per heavy atom. The topological polar surface area (TPSA) is 166 Å². The average Bonchev–Trinajstić information content (AvgIpc) is 3.68. The zero-order valence-corrected chi connectivity index (χ0v) is 21.9. The van der Waals surface area contributed by atoms with Gasteiger partial charge in [0.2, 0.25) is 5.84 Å². The second-order valence-corrected chi connectivity index (χ2v) is 9.15. The predicted octanol–water partition coefficient (Wildman–Crippen LogP) is 0.0882. The van der Waals surface area contributed by atoms with Crippen molar-refractivity contribution >= 4 is 52.4 Å². The van der Waals surface area contributed by atoms with Crippen molar-refractivity contribution in [1.82, 2.24) is 10.6 Å². The first-order valence-corrected chi connectivity index (χ1v) is 12.9. The number of hydrogen-bond donors (Lipinski definition) is 8. The molecule has 0 radical (unpaired) electrons. The molecule has 204 valence electrons. The molecule has 0 spiro atoms. The van der Waals surface area contributed by atoms with Gasteiger partial charge in [0.25, 0.3) is 11.7 Å². The molecule has 0 saturated heterocycles. The second-order valence-electron chi connectivity index (χ2n) is 9.15. The Kier molecular flexibility index (Phi) is 7.97. The summed E-state index contributed by atoms with van der Waals surface area (Å²) in [5, 5.41) is 19.0. The van der Waals surface area contributed by atoms with Gasteiger partial charge in [-0.25, -0.2) is 14.6 Å². The van der Waals surface area contributed by atoms with Crippen molar-refractivity contribution in [2.24, 2.45) is 4.99 Å². The number of amidine groups is 2. The van der Waals surface area contributed by atoms with Crippen molar-refractivity contribution in [1.29, 1.82) is 0 Å². The number of aliphatic imine (C=N–C) groups is 1. The maximum Gasteiger partial charge on any atom is 0.323 e. The highest BCUT2D eigenvalue weighted by atomic mass is 16.2. The summed E-state index contributed by atoms with van der Waals surface area (Å²) in [4.78, 5) is 45.8. The van der Waals surface area contributed by atoms with Gasteiger partial charge in [0.1, 0.15) is 19.6 Å². The molecule has 2 aliphatic rings. The Morgan fingerprint density at radius 2 is 1.52 bits per heavy atom. The highest BCUT2D eigenvalue weighted by molar-refractivity contribution is 6.08. The largest absolute Gasteiger partial charge is 0.355 e. The molecule has 5 rings (SSSR count). The molecule has 9 N–H and O–H groups in total. The van der Waals surface area contributed by atoms with Crippen LogP contribution in [-0.2, 0) is 0 Å². The molecule has 0 aliphatic carbocycles. The maximum atomic E-state index is 12.9. The summed E-state index contributed by atoms with van der Waals surface area (Å²) in [6.45, 7) is 3.35. The average molecular weight is 542 g/mol. The van der Waals surface area contributed by atoms with Crippen LogP contribution in [0, 0.1) is 0 Å². The normalized spacial score (nSPS) is 13.9. The number of anilines is 4. The zero-order valence-electron chi connectivity index (χ0n) is 21.9. The van der Waals surface area contributed by atoms with Crippen LogP contribution in [0.3, 0.4) is 0 Å². The third kappa shape index (κ3) is 6.42.